The lowest BCUT2D eigenvalue weighted by molar-refractivity contribution is 0.310. The zero-order valence-electron chi connectivity index (χ0n) is 14.0. The van der Waals surface area contributed by atoms with E-state index in [1.54, 1.807) is 7.11 Å². The van der Waals surface area contributed by atoms with Gasteiger partial charge in [-0.15, -0.1) is 0 Å². The maximum absolute atomic E-state index is 6.36. The summed E-state index contributed by atoms with van der Waals surface area (Å²) in [5, 5.41) is 7.22. The molecule has 0 spiro atoms. The van der Waals surface area contributed by atoms with Crippen molar-refractivity contribution in [3.05, 3.63) is 57.4 Å². The lowest BCUT2D eigenvalue weighted by Crippen LogP contribution is -2.14. The number of aromatic amines is 1. The number of nitrogens with one attached hydrogen (secondary N) is 1. The lowest BCUT2D eigenvalue weighted by Gasteiger charge is -2.14. The lowest BCUT2D eigenvalue weighted by atomic mass is 10.1. The summed E-state index contributed by atoms with van der Waals surface area (Å²) in [5.74, 6) is 2.56. The van der Waals surface area contributed by atoms with E-state index in [9.17, 15) is 0 Å². The molecule has 0 aliphatic rings. The molecular formula is C18H19IN4O2. The molecule has 0 saturated carbocycles. The number of halogens is 1. The Kier molecular flexibility index (Phi) is 5.54. The molecule has 2 aromatic carbocycles. The Morgan fingerprint density at radius 1 is 1.16 bits per heavy atom. The van der Waals surface area contributed by atoms with E-state index >= 15 is 0 Å². The number of H-pyrrole nitrogens is 1. The molecule has 1 heterocycles. The molecule has 1 atom stereocenters. The number of nitrogens with zero attached hydrogens (tertiary/aromatic N) is 2. The van der Waals surface area contributed by atoms with Crippen LogP contribution in [0.5, 0.6) is 11.5 Å². The van der Waals surface area contributed by atoms with Gasteiger partial charge in [-0.25, -0.2) is 4.98 Å². The van der Waals surface area contributed by atoms with E-state index in [-0.39, 0.29) is 0 Å². The molecule has 3 rings (SSSR count). The van der Waals surface area contributed by atoms with Crippen LogP contribution in [0.3, 0.4) is 0 Å². The molecule has 130 valence electrons. The van der Waals surface area contributed by atoms with Crippen LogP contribution in [-0.4, -0.2) is 28.9 Å². The maximum atomic E-state index is 6.36. The van der Waals surface area contributed by atoms with Crippen LogP contribution < -0.4 is 15.2 Å². The third-order valence-corrected chi connectivity index (χ3v) is 4.47. The largest absolute Gasteiger partial charge is 0.493 e. The summed E-state index contributed by atoms with van der Waals surface area (Å²) in [6.07, 6.45) is 0. The van der Waals surface area contributed by atoms with Gasteiger partial charge in [-0.05, 0) is 59.3 Å². The highest BCUT2D eigenvalue weighted by atomic mass is 127. The van der Waals surface area contributed by atoms with Crippen LogP contribution in [0.1, 0.15) is 24.4 Å². The first-order valence-corrected chi connectivity index (χ1v) is 8.94. The zero-order chi connectivity index (χ0) is 17.8. The normalized spacial score (nSPS) is 12.0. The third kappa shape index (κ3) is 3.93. The predicted molar refractivity (Wildman–Crippen MR) is 105 cm³/mol. The quantitative estimate of drug-likeness (QED) is 0.562. The smallest absolute Gasteiger partial charge is 0.181 e. The Morgan fingerprint density at radius 3 is 2.60 bits per heavy atom. The summed E-state index contributed by atoms with van der Waals surface area (Å²) in [5.41, 5.74) is 8.17. The molecule has 0 bridgehead atoms. The molecule has 25 heavy (non-hydrogen) atoms. The number of rotatable bonds is 6. The highest BCUT2D eigenvalue weighted by Gasteiger charge is 2.17. The number of benzene rings is 2. The first-order chi connectivity index (χ1) is 12.1. The van der Waals surface area contributed by atoms with Crippen molar-refractivity contribution in [2.45, 2.75) is 13.0 Å². The summed E-state index contributed by atoms with van der Waals surface area (Å²) in [7, 11) is 1.61. The fourth-order valence-electron chi connectivity index (χ4n) is 2.45. The Hall–Kier alpha value is -2.13. The van der Waals surface area contributed by atoms with E-state index in [0.29, 0.717) is 29.8 Å². The van der Waals surface area contributed by atoms with Gasteiger partial charge in [0.25, 0.3) is 0 Å². The van der Waals surface area contributed by atoms with Crippen molar-refractivity contribution in [3.63, 3.8) is 0 Å². The number of aromatic nitrogens is 3. The Balaban J connectivity index is 1.87. The maximum Gasteiger partial charge on any atom is 0.181 e. The number of hydrogen-bond acceptors (Lipinski definition) is 5. The van der Waals surface area contributed by atoms with Gasteiger partial charge in [0.15, 0.2) is 17.3 Å². The minimum Gasteiger partial charge on any atom is -0.493 e. The minimum atomic E-state index is -0.435. The van der Waals surface area contributed by atoms with E-state index in [4.69, 9.17) is 15.2 Å². The molecule has 0 fully saturated rings. The summed E-state index contributed by atoms with van der Waals surface area (Å²) in [4.78, 5) is 4.54. The van der Waals surface area contributed by atoms with Crippen molar-refractivity contribution in [3.8, 4) is 22.9 Å². The number of hydrogen-bond donors (Lipinski definition) is 2. The zero-order valence-corrected chi connectivity index (χ0v) is 16.1. The average Bonchev–Trinajstić information content (AvgIpc) is 3.12. The molecule has 1 aromatic heterocycles. The predicted octanol–water partition coefficient (Wildman–Crippen LogP) is 3.53. The van der Waals surface area contributed by atoms with Gasteiger partial charge in [0.1, 0.15) is 5.82 Å². The van der Waals surface area contributed by atoms with Gasteiger partial charge in [-0.3, -0.25) is 5.10 Å². The van der Waals surface area contributed by atoms with Crippen LogP contribution in [0.4, 0.5) is 0 Å². The van der Waals surface area contributed by atoms with Gasteiger partial charge in [0.05, 0.1) is 19.8 Å². The second kappa shape index (κ2) is 7.83. The highest BCUT2D eigenvalue weighted by molar-refractivity contribution is 14.1. The molecule has 7 heteroatoms. The van der Waals surface area contributed by atoms with Gasteiger partial charge in [0, 0.05) is 9.13 Å². The summed E-state index contributed by atoms with van der Waals surface area (Å²) in [6.45, 7) is 2.48. The molecule has 0 aliphatic carbocycles. The molecule has 3 aromatic rings. The van der Waals surface area contributed by atoms with Crippen molar-refractivity contribution < 1.29 is 9.47 Å². The van der Waals surface area contributed by atoms with E-state index in [1.165, 1.54) is 0 Å². The Bertz CT molecular complexity index is 849. The molecule has 0 aliphatic heterocycles. The van der Waals surface area contributed by atoms with Crippen molar-refractivity contribution in [1.29, 1.82) is 0 Å². The van der Waals surface area contributed by atoms with E-state index < -0.39 is 6.04 Å². The first-order valence-electron chi connectivity index (χ1n) is 7.87. The topological polar surface area (TPSA) is 86.0 Å². The van der Waals surface area contributed by atoms with E-state index in [2.05, 4.69) is 37.8 Å². The van der Waals surface area contributed by atoms with E-state index in [0.717, 1.165) is 14.7 Å². The number of ether oxygens (including phenoxy) is 2. The molecule has 1 unspecified atom stereocenters. The fraction of sp³-hybridized carbons (Fsp3) is 0.222. The summed E-state index contributed by atoms with van der Waals surface area (Å²) in [6, 6.07) is 13.2. The van der Waals surface area contributed by atoms with Crippen molar-refractivity contribution >= 4 is 22.6 Å². The van der Waals surface area contributed by atoms with Gasteiger partial charge >= 0.3 is 0 Å². The minimum absolute atomic E-state index is 0.435. The molecule has 0 amide bonds. The monoisotopic (exact) mass is 450 g/mol. The van der Waals surface area contributed by atoms with Crippen LogP contribution in [0.2, 0.25) is 0 Å². The molecule has 3 N–H and O–H groups in total. The number of nitrogens with two attached hydrogens (primary N) is 1. The van der Waals surface area contributed by atoms with Gasteiger partial charge in [-0.1, -0.05) is 18.2 Å². The first kappa shape index (κ1) is 17.7. The molecular weight excluding hydrogens is 431 g/mol. The number of methoxy groups -OCH3 is 1. The van der Waals surface area contributed by atoms with Gasteiger partial charge in [-0.2, -0.15) is 5.10 Å². The molecule has 0 saturated heterocycles. The SMILES string of the molecule is CCOc1cc(C(N)c2nc(-c3ccc(I)cc3)n[nH]2)ccc1OC. The summed E-state index contributed by atoms with van der Waals surface area (Å²) < 4.78 is 12.1. The van der Waals surface area contributed by atoms with Crippen LogP contribution >= 0.6 is 22.6 Å². The fourth-order valence-corrected chi connectivity index (χ4v) is 2.81. The van der Waals surface area contributed by atoms with Crippen LogP contribution in [0.25, 0.3) is 11.4 Å². The Labute approximate surface area is 159 Å². The van der Waals surface area contributed by atoms with Gasteiger partial charge < -0.3 is 15.2 Å². The second-order valence-electron chi connectivity index (χ2n) is 5.37. The standard InChI is InChI=1S/C18H19IN4O2/c1-3-25-15-10-12(6-9-14(15)24-2)16(20)18-21-17(22-23-18)11-4-7-13(19)8-5-11/h4-10,16H,3,20H2,1-2H3,(H,21,22,23). The average molecular weight is 450 g/mol. The van der Waals surface area contributed by atoms with Crippen LogP contribution in [0, 0.1) is 3.57 Å². The van der Waals surface area contributed by atoms with Crippen molar-refractivity contribution in [2.24, 2.45) is 5.73 Å². The van der Waals surface area contributed by atoms with E-state index in [1.807, 2.05) is 49.4 Å². The van der Waals surface area contributed by atoms with Gasteiger partial charge in [0.2, 0.25) is 0 Å². The summed E-state index contributed by atoms with van der Waals surface area (Å²) >= 11 is 2.26. The molecule has 6 nitrogen and oxygen atoms in total. The third-order valence-electron chi connectivity index (χ3n) is 3.75. The van der Waals surface area contributed by atoms with Crippen LogP contribution in [0.15, 0.2) is 42.5 Å². The van der Waals surface area contributed by atoms with Crippen LogP contribution in [-0.2, 0) is 0 Å². The second-order valence-corrected chi connectivity index (χ2v) is 6.62. The highest BCUT2D eigenvalue weighted by Crippen LogP contribution is 2.31. The van der Waals surface area contributed by atoms with Crippen molar-refractivity contribution in [2.75, 3.05) is 13.7 Å². The molecule has 0 radical (unpaired) electrons. The van der Waals surface area contributed by atoms with Crippen molar-refractivity contribution in [1.82, 2.24) is 15.2 Å². The Morgan fingerprint density at radius 2 is 1.92 bits per heavy atom.